The third-order valence-corrected chi connectivity index (χ3v) is 12.0. The quantitative estimate of drug-likeness (QED) is 0.575. The van der Waals surface area contributed by atoms with Crippen molar-refractivity contribution in [3.05, 3.63) is 29.8 Å². The molecule has 1 aliphatic heterocycles. The van der Waals surface area contributed by atoms with E-state index in [0.29, 0.717) is 23.5 Å². The van der Waals surface area contributed by atoms with E-state index in [2.05, 4.69) is 10.6 Å². The molecule has 1 saturated heterocycles. The van der Waals surface area contributed by atoms with Gasteiger partial charge in [-0.05, 0) is 36.7 Å². The molecule has 2 heterocycles. The van der Waals surface area contributed by atoms with E-state index in [1.54, 1.807) is 4.90 Å². The number of piperazine rings is 1. The molecule has 5 rings (SSSR count). The van der Waals surface area contributed by atoms with Crippen LogP contribution in [0.4, 0.5) is 9.80 Å². The van der Waals surface area contributed by atoms with E-state index >= 15 is 0 Å². The number of sulfonamides is 1. The largest absolute Gasteiger partial charge is 0.338 e. The normalized spacial score (nSPS) is 25.5. The fraction of sp³-hybridized carbons (Fsp3) is 0.577. The molecule has 11 heteroatoms. The number of rotatable bonds is 6. The molecule has 1 aromatic carbocycles. The number of fused-ring (bicyclic) bond motifs is 3. The van der Waals surface area contributed by atoms with Crippen molar-refractivity contribution in [1.29, 1.82) is 0 Å². The maximum atomic E-state index is 13.6. The fourth-order valence-electron chi connectivity index (χ4n) is 6.54. The standard InChI is InChI=1S/C26H34N4O5S2/c1-4-27-24(33)28-22-21(17-7-5-6-8-20(17)36-22)23(32)29-11-13-30(14-12-29)37(34,35)16-26-10-9-18(19(31)15-26)25(26,2)3/h5-8,18H,4,9-16H2,1-3H3,(H2,27,28,33). The fourth-order valence-corrected chi connectivity index (χ4v) is 9.85. The van der Waals surface area contributed by atoms with E-state index < -0.39 is 15.4 Å². The zero-order valence-corrected chi connectivity index (χ0v) is 23.1. The summed E-state index contributed by atoms with van der Waals surface area (Å²) in [4.78, 5) is 40.0. The molecule has 3 aliphatic rings. The Bertz CT molecular complexity index is 1360. The third-order valence-electron chi connectivity index (χ3n) is 8.80. The van der Waals surface area contributed by atoms with Crippen LogP contribution in [0.2, 0.25) is 0 Å². The van der Waals surface area contributed by atoms with E-state index in [1.807, 2.05) is 45.0 Å². The molecular weight excluding hydrogens is 512 g/mol. The lowest BCUT2D eigenvalue weighted by atomic mass is 9.71. The molecule has 2 atom stereocenters. The lowest BCUT2D eigenvalue weighted by Gasteiger charge is -2.40. The minimum absolute atomic E-state index is 0.0149. The Balaban J connectivity index is 1.31. The zero-order valence-electron chi connectivity index (χ0n) is 21.5. The highest BCUT2D eigenvalue weighted by atomic mass is 32.2. The average Bonchev–Trinajstić information content (AvgIpc) is 3.38. The van der Waals surface area contributed by atoms with Crippen molar-refractivity contribution in [2.24, 2.45) is 16.7 Å². The Morgan fingerprint density at radius 2 is 1.84 bits per heavy atom. The lowest BCUT2D eigenvalue weighted by molar-refractivity contribution is -0.122. The van der Waals surface area contributed by atoms with Crippen molar-refractivity contribution < 1.29 is 22.8 Å². The third kappa shape index (κ3) is 4.34. The summed E-state index contributed by atoms with van der Waals surface area (Å²) in [5, 5.41) is 6.75. The Hall–Kier alpha value is -2.50. The van der Waals surface area contributed by atoms with Crippen LogP contribution in [-0.2, 0) is 14.8 Å². The van der Waals surface area contributed by atoms with E-state index in [9.17, 15) is 22.8 Å². The maximum absolute atomic E-state index is 13.6. The predicted molar refractivity (Wildman–Crippen MR) is 144 cm³/mol. The average molecular weight is 547 g/mol. The zero-order chi connectivity index (χ0) is 26.6. The highest BCUT2D eigenvalue weighted by Crippen LogP contribution is 2.64. The summed E-state index contributed by atoms with van der Waals surface area (Å²) >= 11 is 1.35. The van der Waals surface area contributed by atoms with Gasteiger partial charge in [0.05, 0.1) is 11.3 Å². The summed E-state index contributed by atoms with van der Waals surface area (Å²) in [6, 6.07) is 7.14. The summed E-state index contributed by atoms with van der Waals surface area (Å²) in [5.41, 5.74) is -0.386. The van der Waals surface area contributed by atoms with Crippen LogP contribution in [0.3, 0.4) is 0 Å². The van der Waals surface area contributed by atoms with Crippen LogP contribution in [0.15, 0.2) is 24.3 Å². The van der Waals surface area contributed by atoms with Crippen molar-refractivity contribution in [3.8, 4) is 0 Å². The van der Waals surface area contributed by atoms with Crippen LogP contribution in [-0.4, -0.2) is 73.8 Å². The molecule has 1 aromatic heterocycles. The van der Waals surface area contributed by atoms with Crippen LogP contribution >= 0.6 is 11.3 Å². The van der Waals surface area contributed by atoms with Gasteiger partial charge in [-0.25, -0.2) is 13.2 Å². The molecule has 0 spiro atoms. The highest BCUT2D eigenvalue weighted by Gasteiger charge is 2.64. The van der Waals surface area contributed by atoms with Crippen LogP contribution in [0.5, 0.6) is 0 Å². The summed E-state index contributed by atoms with van der Waals surface area (Å²) in [6.45, 7) is 7.32. The SMILES string of the molecule is CCNC(=O)Nc1sc2ccccc2c1C(=O)N1CCN(S(=O)(=O)CC23CCC(C(=O)C2)C3(C)C)CC1. The number of nitrogens with zero attached hydrogens (tertiary/aromatic N) is 2. The van der Waals surface area contributed by atoms with Gasteiger partial charge in [-0.1, -0.05) is 32.0 Å². The Morgan fingerprint density at radius 1 is 1.14 bits per heavy atom. The smallest absolute Gasteiger partial charge is 0.319 e. The van der Waals surface area contributed by atoms with Gasteiger partial charge in [-0.15, -0.1) is 11.3 Å². The summed E-state index contributed by atoms with van der Waals surface area (Å²) in [7, 11) is -3.59. The monoisotopic (exact) mass is 546 g/mol. The minimum atomic E-state index is -3.59. The molecule has 9 nitrogen and oxygen atoms in total. The Labute approximate surface area is 221 Å². The van der Waals surface area contributed by atoms with Crippen LogP contribution in [0, 0.1) is 16.7 Å². The molecule has 2 N–H and O–H groups in total. The van der Waals surface area contributed by atoms with Gasteiger partial charge >= 0.3 is 6.03 Å². The van der Waals surface area contributed by atoms with E-state index in [-0.39, 0.29) is 61.0 Å². The number of hydrogen-bond donors (Lipinski definition) is 2. The van der Waals surface area contributed by atoms with Crippen LogP contribution < -0.4 is 10.6 Å². The van der Waals surface area contributed by atoms with E-state index in [0.717, 1.165) is 22.9 Å². The van der Waals surface area contributed by atoms with E-state index in [4.69, 9.17) is 0 Å². The van der Waals surface area contributed by atoms with Crippen molar-refractivity contribution in [2.45, 2.75) is 40.0 Å². The van der Waals surface area contributed by atoms with Gasteiger partial charge in [0.25, 0.3) is 5.91 Å². The van der Waals surface area contributed by atoms with Crippen LogP contribution in [0.25, 0.3) is 10.1 Å². The number of benzene rings is 1. The number of thiophene rings is 1. The van der Waals surface area contributed by atoms with Crippen molar-refractivity contribution >= 4 is 54.2 Å². The number of amides is 3. The second-order valence-electron chi connectivity index (χ2n) is 11.0. The number of urea groups is 1. The number of carbonyl (C=O) groups is 3. The van der Waals surface area contributed by atoms with Crippen molar-refractivity contribution in [1.82, 2.24) is 14.5 Å². The second-order valence-corrected chi connectivity index (χ2v) is 14.0. The second kappa shape index (κ2) is 9.36. The van der Waals surface area contributed by atoms with Gasteiger partial charge in [0, 0.05) is 55.1 Å². The molecule has 0 radical (unpaired) electrons. The summed E-state index contributed by atoms with van der Waals surface area (Å²) < 4.78 is 29.4. The predicted octanol–water partition coefficient (Wildman–Crippen LogP) is 3.53. The van der Waals surface area contributed by atoms with Crippen molar-refractivity contribution in [3.63, 3.8) is 0 Å². The molecule has 3 amide bonds. The number of nitrogens with one attached hydrogen (secondary N) is 2. The Morgan fingerprint density at radius 3 is 2.46 bits per heavy atom. The summed E-state index contributed by atoms with van der Waals surface area (Å²) in [6.07, 6.45) is 1.88. The maximum Gasteiger partial charge on any atom is 0.319 e. The topological polar surface area (TPSA) is 116 Å². The first-order valence-electron chi connectivity index (χ1n) is 12.9. The molecule has 2 aromatic rings. The number of carbonyl (C=O) groups excluding carboxylic acids is 3. The van der Waals surface area contributed by atoms with Gasteiger partial charge in [0.1, 0.15) is 10.8 Å². The van der Waals surface area contributed by atoms with Gasteiger partial charge in [0.15, 0.2) is 0 Å². The molecule has 2 aliphatic carbocycles. The van der Waals surface area contributed by atoms with Gasteiger partial charge in [-0.2, -0.15) is 4.31 Å². The molecule has 2 bridgehead atoms. The van der Waals surface area contributed by atoms with Gasteiger partial charge < -0.3 is 10.2 Å². The number of Topliss-reactive ketones (excluding diaryl/α,β-unsaturated/α-hetero) is 1. The molecule has 37 heavy (non-hydrogen) atoms. The van der Waals surface area contributed by atoms with Crippen molar-refractivity contribution in [2.75, 3.05) is 43.8 Å². The number of ketones is 1. The van der Waals surface area contributed by atoms with Gasteiger partial charge in [0.2, 0.25) is 10.0 Å². The molecule has 2 unspecified atom stereocenters. The summed E-state index contributed by atoms with van der Waals surface area (Å²) in [5.74, 6) is -0.0818. The first-order chi connectivity index (χ1) is 17.5. The highest BCUT2D eigenvalue weighted by molar-refractivity contribution is 7.89. The van der Waals surface area contributed by atoms with Gasteiger partial charge in [-0.3, -0.25) is 14.9 Å². The number of anilines is 1. The van der Waals surface area contributed by atoms with Crippen LogP contribution in [0.1, 0.15) is 50.4 Å². The Kier molecular flexibility index (Phi) is 6.60. The number of hydrogen-bond acceptors (Lipinski definition) is 6. The van der Waals surface area contributed by atoms with E-state index in [1.165, 1.54) is 15.6 Å². The molecule has 200 valence electrons. The first kappa shape index (κ1) is 26.1. The molecule has 2 saturated carbocycles. The molecular formula is C26H34N4O5S2. The molecule has 3 fully saturated rings. The lowest BCUT2D eigenvalue weighted by Crippen LogP contribution is -2.53. The minimum Gasteiger partial charge on any atom is -0.338 e. The first-order valence-corrected chi connectivity index (χ1v) is 15.3.